The third kappa shape index (κ3) is 2.52. The van der Waals surface area contributed by atoms with E-state index in [1.54, 1.807) is 18.3 Å². The molecule has 24 heavy (non-hydrogen) atoms. The summed E-state index contributed by atoms with van der Waals surface area (Å²) in [5.41, 5.74) is 1.64. The first kappa shape index (κ1) is 15.1. The van der Waals surface area contributed by atoms with Crippen LogP contribution in [0.4, 0.5) is 4.39 Å². The first-order valence-corrected chi connectivity index (χ1v) is 8.52. The highest BCUT2D eigenvalue weighted by molar-refractivity contribution is 7.99. The molecule has 0 aliphatic carbocycles. The number of rotatable bonds is 2. The SMILES string of the molecule is Cc1ccnc2nc(C(=O)NC3CCSc4c(F)cccc43)nn12. The van der Waals surface area contributed by atoms with Gasteiger partial charge in [0.2, 0.25) is 5.82 Å². The molecule has 0 fully saturated rings. The quantitative estimate of drug-likeness (QED) is 0.774. The van der Waals surface area contributed by atoms with Crippen LogP contribution in [0, 0.1) is 12.7 Å². The van der Waals surface area contributed by atoms with Crippen molar-refractivity contribution in [3.05, 3.63) is 53.4 Å². The van der Waals surface area contributed by atoms with Crippen LogP contribution in [-0.2, 0) is 0 Å². The second kappa shape index (κ2) is 5.86. The molecule has 1 atom stereocenters. The molecule has 0 radical (unpaired) electrons. The molecule has 2 aromatic heterocycles. The summed E-state index contributed by atoms with van der Waals surface area (Å²) in [6, 6.07) is 6.49. The number of fused-ring (bicyclic) bond motifs is 2. The van der Waals surface area contributed by atoms with Gasteiger partial charge >= 0.3 is 0 Å². The number of hydrogen-bond donors (Lipinski definition) is 1. The van der Waals surface area contributed by atoms with Gasteiger partial charge < -0.3 is 5.32 Å². The van der Waals surface area contributed by atoms with Crippen LogP contribution in [0.2, 0.25) is 0 Å². The molecule has 1 N–H and O–H groups in total. The number of aryl methyl sites for hydroxylation is 1. The van der Waals surface area contributed by atoms with Crippen LogP contribution in [0.5, 0.6) is 0 Å². The second-order valence-corrected chi connectivity index (χ2v) is 6.66. The molecule has 1 amide bonds. The van der Waals surface area contributed by atoms with E-state index in [1.807, 2.05) is 13.0 Å². The van der Waals surface area contributed by atoms with E-state index in [-0.39, 0.29) is 23.6 Å². The van der Waals surface area contributed by atoms with E-state index in [1.165, 1.54) is 22.3 Å². The summed E-state index contributed by atoms with van der Waals surface area (Å²) in [6.45, 7) is 1.86. The van der Waals surface area contributed by atoms with E-state index >= 15 is 0 Å². The van der Waals surface area contributed by atoms with Crippen molar-refractivity contribution >= 4 is 23.4 Å². The monoisotopic (exact) mass is 343 g/mol. The van der Waals surface area contributed by atoms with Crippen molar-refractivity contribution < 1.29 is 9.18 Å². The second-order valence-electron chi connectivity index (χ2n) is 5.55. The predicted octanol–water partition coefficient (Wildman–Crippen LogP) is 2.54. The van der Waals surface area contributed by atoms with E-state index < -0.39 is 0 Å². The fourth-order valence-corrected chi connectivity index (χ4v) is 3.90. The molecule has 3 aromatic rings. The van der Waals surface area contributed by atoms with Crippen molar-refractivity contribution in [3.8, 4) is 0 Å². The fraction of sp³-hybridized carbons (Fsp3) is 0.250. The Labute approximate surface area is 141 Å². The Balaban J connectivity index is 1.63. The van der Waals surface area contributed by atoms with E-state index in [9.17, 15) is 9.18 Å². The minimum atomic E-state index is -0.382. The number of amides is 1. The summed E-state index contributed by atoms with van der Waals surface area (Å²) < 4.78 is 15.4. The minimum Gasteiger partial charge on any atom is -0.342 e. The molecule has 0 saturated heterocycles. The lowest BCUT2D eigenvalue weighted by molar-refractivity contribution is 0.0924. The number of nitrogens with one attached hydrogen (secondary N) is 1. The van der Waals surface area contributed by atoms with Crippen molar-refractivity contribution in [1.29, 1.82) is 0 Å². The maximum Gasteiger partial charge on any atom is 0.291 e. The van der Waals surface area contributed by atoms with E-state index in [2.05, 4.69) is 20.4 Å². The summed E-state index contributed by atoms with van der Waals surface area (Å²) in [5, 5.41) is 7.12. The lowest BCUT2D eigenvalue weighted by atomic mass is 10.0. The van der Waals surface area contributed by atoms with Crippen LogP contribution >= 0.6 is 11.8 Å². The number of hydrogen-bond acceptors (Lipinski definition) is 5. The highest BCUT2D eigenvalue weighted by Gasteiger charge is 2.26. The normalized spacial score (nSPS) is 16.8. The zero-order valence-corrected chi connectivity index (χ0v) is 13.7. The Bertz CT molecular complexity index is 941. The number of carbonyl (C=O) groups excluding carboxylic acids is 1. The van der Waals surface area contributed by atoms with Crippen molar-refractivity contribution in [3.63, 3.8) is 0 Å². The van der Waals surface area contributed by atoms with Gasteiger partial charge in [-0.25, -0.2) is 13.9 Å². The van der Waals surface area contributed by atoms with Crippen LogP contribution in [-0.4, -0.2) is 31.2 Å². The van der Waals surface area contributed by atoms with Gasteiger partial charge in [-0.3, -0.25) is 4.79 Å². The first-order valence-electron chi connectivity index (χ1n) is 7.54. The summed E-state index contributed by atoms with van der Waals surface area (Å²) in [6.07, 6.45) is 2.36. The molecular formula is C16H14FN5OS. The summed E-state index contributed by atoms with van der Waals surface area (Å²) in [5.74, 6) is 0.561. The predicted molar refractivity (Wildman–Crippen MR) is 87.5 cm³/mol. The van der Waals surface area contributed by atoms with Crippen molar-refractivity contribution in [2.45, 2.75) is 24.3 Å². The van der Waals surface area contributed by atoms with Crippen molar-refractivity contribution in [1.82, 2.24) is 24.9 Å². The topological polar surface area (TPSA) is 72.2 Å². The van der Waals surface area contributed by atoms with Gasteiger partial charge in [0.1, 0.15) is 5.82 Å². The van der Waals surface area contributed by atoms with Crippen molar-refractivity contribution in [2.24, 2.45) is 0 Å². The molecule has 1 aromatic carbocycles. The van der Waals surface area contributed by atoms with Crippen LogP contribution in [0.1, 0.15) is 34.3 Å². The Kier molecular flexibility index (Phi) is 3.68. The van der Waals surface area contributed by atoms with E-state index in [0.29, 0.717) is 10.7 Å². The van der Waals surface area contributed by atoms with Gasteiger partial charge in [-0.05, 0) is 31.0 Å². The highest BCUT2D eigenvalue weighted by atomic mass is 32.2. The minimum absolute atomic E-state index is 0.0629. The molecule has 1 aliphatic rings. The molecule has 0 saturated carbocycles. The molecule has 4 rings (SSSR count). The average Bonchev–Trinajstić information content (AvgIpc) is 3.02. The lowest BCUT2D eigenvalue weighted by Crippen LogP contribution is -2.31. The Morgan fingerprint density at radius 1 is 1.42 bits per heavy atom. The van der Waals surface area contributed by atoms with E-state index in [4.69, 9.17) is 0 Å². The Morgan fingerprint density at radius 3 is 3.12 bits per heavy atom. The number of thioether (sulfide) groups is 1. The van der Waals surface area contributed by atoms with Gasteiger partial charge in [-0.2, -0.15) is 4.98 Å². The molecular weight excluding hydrogens is 329 g/mol. The molecule has 122 valence electrons. The lowest BCUT2D eigenvalue weighted by Gasteiger charge is -2.25. The first-order chi connectivity index (χ1) is 11.6. The largest absolute Gasteiger partial charge is 0.342 e. The Hall–Kier alpha value is -2.48. The fourth-order valence-electron chi connectivity index (χ4n) is 2.76. The summed E-state index contributed by atoms with van der Waals surface area (Å²) in [7, 11) is 0. The number of benzene rings is 1. The van der Waals surface area contributed by atoms with E-state index in [0.717, 1.165) is 23.4 Å². The molecule has 1 aliphatic heterocycles. The Morgan fingerprint density at radius 2 is 2.29 bits per heavy atom. The van der Waals surface area contributed by atoms with Gasteiger partial charge in [0.25, 0.3) is 11.7 Å². The van der Waals surface area contributed by atoms with Crippen LogP contribution in [0.15, 0.2) is 35.4 Å². The number of aromatic nitrogens is 4. The number of halogens is 1. The van der Waals surface area contributed by atoms with Crippen molar-refractivity contribution in [2.75, 3.05) is 5.75 Å². The van der Waals surface area contributed by atoms with Gasteiger partial charge in [0.05, 0.1) is 6.04 Å². The molecule has 0 bridgehead atoms. The highest BCUT2D eigenvalue weighted by Crippen LogP contribution is 2.37. The maximum atomic E-state index is 13.9. The van der Waals surface area contributed by atoms with Crippen LogP contribution < -0.4 is 5.32 Å². The third-order valence-electron chi connectivity index (χ3n) is 3.96. The smallest absolute Gasteiger partial charge is 0.291 e. The molecule has 8 heteroatoms. The summed E-state index contributed by atoms with van der Waals surface area (Å²) in [4.78, 5) is 21.4. The number of nitrogens with zero attached hydrogens (tertiary/aromatic N) is 4. The zero-order valence-electron chi connectivity index (χ0n) is 12.9. The van der Waals surface area contributed by atoms with Gasteiger partial charge in [0.15, 0.2) is 0 Å². The van der Waals surface area contributed by atoms with Gasteiger partial charge in [-0.1, -0.05) is 12.1 Å². The third-order valence-corrected chi connectivity index (χ3v) is 5.12. The van der Waals surface area contributed by atoms with Crippen LogP contribution in [0.25, 0.3) is 5.78 Å². The molecule has 0 spiro atoms. The number of carbonyl (C=O) groups is 1. The molecule has 1 unspecified atom stereocenters. The molecule has 6 nitrogen and oxygen atoms in total. The standard InChI is InChI=1S/C16H14FN5OS/c1-9-5-7-18-16-20-14(21-22(9)16)15(23)19-12-6-8-24-13-10(12)3-2-4-11(13)17/h2-5,7,12H,6,8H2,1H3,(H,19,23). The molecule has 3 heterocycles. The maximum absolute atomic E-state index is 13.9. The average molecular weight is 343 g/mol. The summed E-state index contributed by atoms with van der Waals surface area (Å²) >= 11 is 1.48. The zero-order chi connectivity index (χ0) is 16.7. The van der Waals surface area contributed by atoms with Gasteiger partial charge in [0, 0.05) is 22.5 Å². The van der Waals surface area contributed by atoms with Gasteiger partial charge in [-0.15, -0.1) is 16.9 Å². The van der Waals surface area contributed by atoms with Crippen LogP contribution in [0.3, 0.4) is 0 Å².